The number of hydrogen-bond donors (Lipinski definition) is 0. The molecule has 1 saturated heterocycles. The van der Waals surface area contributed by atoms with Crippen molar-refractivity contribution in [2.75, 3.05) is 6.54 Å². The second kappa shape index (κ2) is 7.40. The van der Waals surface area contributed by atoms with Gasteiger partial charge in [0.2, 0.25) is 5.91 Å². The molecule has 0 N–H and O–H groups in total. The normalized spacial score (nSPS) is 18.7. The van der Waals surface area contributed by atoms with Crippen LogP contribution in [0.3, 0.4) is 0 Å². The van der Waals surface area contributed by atoms with Gasteiger partial charge in [0.1, 0.15) is 12.7 Å². The maximum atomic E-state index is 12.7. The molecule has 1 atom stereocenters. The van der Waals surface area contributed by atoms with E-state index >= 15 is 0 Å². The van der Waals surface area contributed by atoms with E-state index in [4.69, 9.17) is 0 Å². The number of carbonyl (C=O) groups excluding carboxylic acids is 1. The Hall–Kier alpha value is -2.17. The quantitative estimate of drug-likeness (QED) is 0.872. The molecule has 0 radical (unpaired) electrons. The molecular weight excluding hydrogens is 288 g/mol. The van der Waals surface area contributed by atoms with E-state index in [1.165, 1.54) is 12.8 Å². The Morgan fingerprint density at radius 2 is 1.87 bits per heavy atom. The first-order valence-corrected chi connectivity index (χ1v) is 8.51. The van der Waals surface area contributed by atoms with Crippen molar-refractivity contribution in [3.05, 3.63) is 42.5 Å². The topological polar surface area (TPSA) is 51.0 Å². The molecular formula is C18H24N4O. The zero-order chi connectivity index (χ0) is 16.1. The van der Waals surface area contributed by atoms with E-state index < -0.39 is 0 Å². The maximum Gasteiger partial charge on any atom is 0.227 e. The van der Waals surface area contributed by atoms with Crippen molar-refractivity contribution in [1.29, 1.82) is 0 Å². The van der Waals surface area contributed by atoms with Gasteiger partial charge in [0, 0.05) is 18.3 Å². The van der Waals surface area contributed by atoms with Gasteiger partial charge in [-0.05, 0) is 37.0 Å². The number of nitrogens with zero attached hydrogens (tertiary/aromatic N) is 4. The number of hydrogen-bond acceptors (Lipinski definition) is 3. The number of carbonyl (C=O) groups is 1. The van der Waals surface area contributed by atoms with E-state index in [1.54, 1.807) is 12.7 Å². The SMILES string of the molecule is CCC1CCCCCN1C(=O)Cc1ccc(-n2cnnc2)cc1. The summed E-state index contributed by atoms with van der Waals surface area (Å²) in [6.07, 6.45) is 9.65. The van der Waals surface area contributed by atoms with Crippen molar-refractivity contribution >= 4 is 5.91 Å². The zero-order valence-electron chi connectivity index (χ0n) is 13.7. The second-order valence-electron chi connectivity index (χ2n) is 6.21. The van der Waals surface area contributed by atoms with Gasteiger partial charge in [-0.1, -0.05) is 31.9 Å². The van der Waals surface area contributed by atoms with Crippen molar-refractivity contribution < 1.29 is 4.79 Å². The molecule has 0 aliphatic carbocycles. The number of amides is 1. The molecule has 2 aromatic rings. The second-order valence-corrected chi connectivity index (χ2v) is 6.21. The highest BCUT2D eigenvalue weighted by Crippen LogP contribution is 2.20. The van der Waals surface area contributed by atoms with Crippen LogP contribution in [0.15, 0.2) is 36.9 Å². The first-order valence-electron chi connectivity index (χ1n) is 8.51. The van der Waals surface area contributed by atoms with Crippen LogP contribution in [0, 0.1) is 0 Å². The van der Waals surface area contributed by atoms with Crippen LogP contribution in [0.1, 0.15) is 44.6 Å². The summed E-state index contributed by atoms with van der Waals surface area (Å²) in [4.78, 5) is 14.8. The van der Waals surface area contributed by atoms with E-state index in [2.05, 4.69) is 22.0 Å². The Bertz CT molecular complexity index is 621. The average molecular weight is 312 g/mol. The Kier molecular flexibility index (Phi) is 5.05. The summed E-state index contributed by atoms with van der Waals surface area (Å²) in [6.45, 7) is 3.10. The predicted molar refractivity (Wildman–Crippen MR) is 89.3 cm³/mol. The minimum atomic E-state index is 0.260. The molecule has 5 heteroatoms. The molecule has 1 aromatic carbocycles. The van der Waals surface area contributed by atoms with Crippen LogP contribution >= 0.6 is 0 Å². The fourth-order valence-electron chi connectivity index (χ4n) is 3.33. The van der Waals surface area contributed by atoms with Gasteiger partial charge in [-0.25, -0.2) is 0 Å². The van der Waals surface area contributed by atoms with Gasteiger partial charge in [-0.3, -0.25) is 9.36 Å². The molecule has 2 heterocycles. The first-order chi connectivity index (χ1) is 11.3. The summed E-state index contributed by atoms with van der Waals surface area (Å²) in [5.41, 5.74) is 2.07. The molecule has 1 aliphatic rings. The van der Waals surface area contributed by atoms with Crippen molar-refractivity contribution in [2.24, 2.45) is 0 Å². The predicted octanol–water partition coefficient (Wildman–Crippen LogP) is 2.99. The van der Waals surface area contributed by atoms with Gasteiger partial charge < -0.3 is 4.90 Å². The summed E-state index contributed by atoms with van der Waals surface area (Å²) in [7, 11) is 0. The molecule has 5 nitrogen and oxygen atoms in total. The van der Waals surface area contributed by atoms with E-state index in [-0.39, 0.29) is 5.91 Å². The largest absolute Gasteiger partial charge is 0.339 e. The van der Waals surface area contributed by atoms with Crippen molar-refractivity contribution in [2.45, 2.75) is 51.5 Å². The summed E-state index contributed by atoms with van der Waals surface area (Å²) >= 11 is 0. The maximum absolute atomic E-state index is 12.7. The van der Waals surface area contributed by atoms with E-state index in [1.807, 2.05) is 28.8 Å². The van der Waals surface area contributed by atoms with Crippen molar-refractivity contribution in [1.82, 2.24) is 19.7 Å². The summed E-state index contributed by atoms with van der Waals surface area (Å²) < 4.78 is 1.85. The van der Waals surface area contributed by atoms with Gasteiger partial charge in [-0.2, -0.15) is 0 Å². The van der Waals surface area contributed by atoms with Gasteiger partial charge >= 0.3 is 0 Å². The van der Waals surface area contributed by atoms with E-state index in [0.29, 0.717) is 12.5 Å². The third-order valence-corrected chi connectivity index (χ3v) is 4.68. The van der Waals surface area contributed by atoms with Crippen LogP contribution in [-0.4, -0.2) is 38.2 Å². The molecule has 122 valence electrons. The third kappa shape index (κ3) is 3.78. The minimum absolute atomic E-state index is 0.260. The zero-order valence-corrected chi connectivity index (χ0v) is 13.7. The molecule has 1 aromatic heterocycles. The molecule has 0 bridgehead atoms. The molecule has 1 unspecified atom stereocenters. The molecule has 3 rings (SSSR count). The summed E-state index contributed by atoms with van der Waals surface area (Å²) in [5, 5.41) is 7.62. The highest BCUT2D eigenvalue weighted by molar-refractivity contribution is 5.79. The fraction of sp³-hybridized carbons (Fsp3) is 0.500. The highest BCUT2D eigenvalue weighted by atomic mass is 16.2. The van der Waals surface area contributed by atoms with Crippen LogP contribution in [0.5, 0.6) is 0 Å². The summed E-state index contributed by atoms with van der Waals surface area (Å²) in [6, 6.07) is 8.47. The Balaban J connectivity index is 1.67. The molecule has 0 spiro atoms. The van der Waals surface area contributed by atoms with E-state index in [9.17, 15) is 4.79 Å². The Morgan fingerprint density at radius 1 is 1.13 bits per heavy atom. The summed E-state index contributed by atoms with van der Waals surface area (Å²) in [5.74, 6) is 0.260. The van der Waals surface area contributed by atoms with Crippen molar-refractivity contribution in [3.8, 4) is 5.69 Å². The molecule has 1 aliphatic heterocycles. The highest BCUT2D eigenvalue weighted by Gasteiger charge is 2.23. The lowest BCUT2D eigenvalue weighted by molar-refractivity contribution is -0.132. The van der Waals surface area contributed by atoms with Crippen LogP contribution in [0.2, 0.25) is 0 Å². The standard InChI is InChI=1S/C18H24N4O/c1-2-16-6-4-3-5-11-22(16)18(23)12-15-7-9-17(10-8-15)21-13-19-20-14-21/h7-10,13-14,16H,2-6,11-12H2,1H3. The molecule has 1 amide bonds. The number of benzene rings is 1. The molecule has 1 fully saturated rings. The van der Waals surface area contributed by atoms with Gasteiger partial charge in [0.15, 0.2) is 0 Å². The Morgan fingerprint density at radius 3 is 2.57 bits per heavy atom. The number of likely N-dealkylation sites (tertiary alicyclic amines) is 1. The first kappa shape index (κ1) is 15.7. The van der Waals surface area contributed by atoms with Crippen LogP contribution in [-0.2, 0) is 11.2 Å². The molecule has 23 heavy (non-hydrogen) atoms. The lowest BCUT2D eigenvalue weighted by Crippen LogP contribution is -2.40. The monoisotopic (exact) mass is 312 g/mol. The van der Waals surface area contributed by atoms with Gasteiger partial charge in [-0.15, -0.1) is 10.2 Å². The van der Waals surface area contributed by atoms with Crippen molar-refractivity contribution in [3.63, 3.8) is 0 Å². The lowest BCUT2D eigenvalue weighted by atomic mass is 10.1. The lowest BCUT2D eigenvalue weighted by Gasteiger charge is -2.29. The number of rotatable bonds is 4. The van der Waals surface area contributed by atoms with Gasteiger partial charge in [0.25, 0.3) is 0 Å². The molecule has 0 saturated carbocycles. The minimum Gasteiger partial charge on any atom is -0.339 e. The van der Waals surface area contributed by atoms with Crippen LogP contribution in [0.4, 0.5) is 0 Å². The van der Waals surface area contributed by atoms with Gasteiger partial charge in [0.05, 0.1) is 6.42 Å². The van der Waals surface area contributed by atoms with Crippen LogP contribution in [0.25, 0.3) is 5.69 Å². The number of aromatic nitrogens is 3. The average Bonchev–Trinajstić information content (AvgIpc) is 3.00. The van der Waals surface area contributed by atoms with E-state index in [0.717, 1.165) is 37.1 Å². The Labute approximate surface area is 137 Å². The van der Waals surface area contributed by atoms with Crippen LogP contribution < -0.4 is 0 Å². The third-order valence-electron chi connectivity index (χ3n) is 4.68. The fourth-order valence-corrected chi connectivity index (χ4v) is 3.33. The smallest absolute Gasteiger partial charge is 0.227 e.